The SMILES string of the molecule is N[C@H]1C[C@@H](F)[C@@H](N)C1. The second-order valence-corrected chi connectivity index (χ2v) is 2.41. The van der Waals surface area contributed by atoms with E-state index >= 15 is 0 Å². The van der Waals surface area contributed by atoms with E-state index in [1.54, 1.807) is 0 Å². The summed E-state index contributed by atoms with van der Waals surface area (Å²) in [5, 5.41) is 0. The molecule has 1 saturated carbocycles. The van der Waals surface area contributed by atoms with E-state index in [0.29, 0.717) is 12.8 Å². The van der Waals surface area contributed by atoms with Crippen LogP contribution in [0.3, 0.4) is 0 Å². The molecular weight excluding hydrogens is 107 g/mol. The van der Waals surface area contributed by atoms with Crippen LogP contribution in [0.25, 0.3) is 0 Å². The zero-order valence-electron chi connectivity index (χ0n) is 4.68. The maximum absolute atomic E-state index is 12.4. The zero-order valence-corrected chi connectivity index (χ0v) is 4.68. The Labute approximate surface area is 48.0 Å². The van der Waals surface area contributed by atoms with Crippen LogP contribution in [-0.2, 0) is 0 Å². The molecule has 1 fully saturated rings. The molecule has 0 radical (unpaired) electrons. The van der Waals surface area contributed by atoms with Crippen molar-refractivity contribution < 1.29 is 4.39 Å². The Morgan fingerprint density at radius 3 is 2.00 bits per heavy atom. The summed E-state index contributed by atoms with van der Waals surface area (Å²) in [6.45, 7) is 0. The molecular formula is C5H11FN2. The number of hydrogen-bond acceptors (Lipinski definition) is 2. The van der Waals surface area contributed by atoms with Gasteiger partial charge in [-0.25, -0.2) is 4.39 Å². The first-order valence-corrected chi connectivity index (χ1v) is 2.85. The van der Waals surface area contributed by atoms with Crippen molar-refractivity contribution >= 4 is 0 Å². The van der Waals surface area contributed by atoms with Crippen LogP contribution < -0.4 is 11.5 Å². The quantitative estimate of drug-likeness (QED) is 0.461. The van der Waals surface area contributed by atoms with E-state index in [9.17, 15) is 4.39 Å². The van der Waals surface area contributed by atoms with Crippen LogP contribution in [0.15, 0.2) is 0 Å². The Kier molecular flexibility index (Phi) is 1.49. The molecule has 1 rings (SSSR count). The number of halogens is 1. The van der Waals surface area contributed by atoms with Crippen LogP contribution in [0.1, 0.15) is 12.8 Å². The summed E-state index contributed by atoms with van der Waals surface area (Å²) in [6, 6.07) is -0.301. The standard InChI is InChI=1S/C5H11FN2/c6-4-1-3(7)2-5(4)8/h3-5H,1-2,7-8H2/t3-,4+,5-/m0/s1. The van der Waals surface area contributed by atoms with E-state index in [1.807, 2.05) is 0 Å². The van der Waals surface area contributed by atoms with Gasteiger partial charge >= 0.3 is 0 Å². The third kappa shape index (κ3) is 0.980. The van der Waals surface area contributed by atoms with Gasteiger partial charge in [-0.3, -0.25) is 0 Å². The van der Waals surface area contributed by atoms with Gasteiger partial charge in [0, 0.05) is 12.1 Å². The van der Waals surface area contributed by atoms with Crippen LogP contribution in [0.2, 0.25) is 0 Å². The van der Waals surface area contributed by atoms with Crippen LogP contribution in [0.4, 0.5) is 4.39 Å². The van der Waals surface area contributed by atoms with Gasteiger partial charge in [-0.05, 0) is 12.8 Å². The van der Waals surface area contributed by atoms with Gasteiger partial charge in [0.1, 0.15) is 6.17 Å². The summed E-state index contributed by atoms with van der Waals surface area (Å²) < 4.78 is 12.4. The van der Waals surface area contributed by atoms with Crippen LogP contribution in [0.5, 0.6) is 0 Å². The summed E-state index contributed by atoms with van der Waals surface area (Å²) in [4.78, 5) is 0. The maximum Gasteiger partial charge on any atom is 0.117 e. The predicted octanol–water partition coefficient (Wildman–Crippen LogP) is -0.227. The Morgan fingerprint density at radius 2 is 1.88 bits per heavy atom. The first kappa shape index (κ1) is 5.98. The van der Waals surface area contributed by atoms with Crippen LogP contribution >= 0.6 is 0 Å². The first-order chi connectivity index (χ1) is 3.70. The molecule has 0 bridgehead atoms. The summed E-state index contributed by atoms with van der Waals surface area (Å²) >= 11 is 0. The monoisotopic (exact) mass is 118 g/mol. The number of hydrogen-bond donors (Lipinski definition) is 2. The van der Waals surface area contributed by atoms with Crippen molar-refractivity contribution in [2.45, 2.75) is 31.1 Å². The van der Waals surface area contributed by atoms with Crippen molar-refractivity contribution in [3.8, 4) is 0 Å². The number of alkyl halides is 1. The summed E-state index contributed by atoms with van der Waals surface area (Å²) in [6.07, 6.45) is 0.229. The van der Waals surface area contributed by atoms with Gasteiger partial charge in [0.15, 0.2) is 0 Å². The van der Waals surface area contributed by atoms with Crippen molar-refractivity contribution in [1.82, 2.24) is 0 Å². The average Bonchev–Trinajstić information content (AvgIpc) is 1.85. The summed E-state index contributed by atoms with van der Waals surface area (Å²) in [5.74, 6) is 0. The lowest BCUT2D eigenvalue weighted by Gasteiger charge is -2.01. The zero-order chi connectivity index (χ0) is 6.15. The van der Waals surface area contributed by atoms with Crippen molar-refractivity contribution in [3.63, 3.8) is 0 Å². The molecule has 0 unspecified atom stereocenters. The normalized spacial score (nSPS) is 47.6. The van der Waals surface area contributed by atoms with Crippen molar-refractivity contribution in [3.05, 3.63) is 0 Å². The highest BCUT2D eigenvalue weighted by Gasteiger charge is 2.28. The van der Waals surface area contributed by atoms with E-state index in [-0.39, 0.29) is 12.1 Å². The van der Waals surface area contributed by atoms with E-state index in [1.165, 1.54) is 0 Å². The van der Waals surface area contributed by atoms with Gasteiger partial charge in [0.2, 0.25) is 0 Å². The van der Waals surface area contributed by atoms with Gasteiger partial charge in [0.05, 0.1) is 0 Å². The molecule has 0 aromatic heterocycles. The lowest BCUT2D eigenvalue weighted by atomic mass is 10.2. The fraction of sp³-hybridized carbons (Fsp3) is 1.00. The lowest BCUT2D eigenvalue weighted by Crippen LogP contribution is -2.25. The molecule has 0 amide bonds. The van der Waals surface area contributed by atoms with E-state index in [2.05, 4.69) is 0 Å². The van der Waals surface area contributed by atoms with Gasteiger partial charge in [-0.2, -0.15) is 0 Å². The highest BCUT2D eigenvalue weighted by Crippen LogP contribution is 2.18. The highest BCUT2D eigenvalue weighted by molar-refractivity contribution is 4.87. The Bertz CT molecular complexity index is 76.5. The Hall–Kier alpha value is -0.150. The lowest BCUT2D eigenvalue weighted by molar-refractivity contribution is 0.311. The summed E-state index contributed by atoms with van der Waals surface area (Å²) in [7, 11) is 0. The average molecular weight is 118 g/mol. The molecule has 2 nitrogen and oxygen atoms in total. The van der Waals surface area contributed by atoms with E-state index in [0.717, 1.165) is 0 Å². The fourth-order valence-corrected chi connectivity index (χ4v) is 1.06. The predicted molar refractivity (Wildman–Crippen MR) is 30.1 cm³/mol. The maximum atomic E-state index is 12.4. The highest BCUT2D eigenvalue weighted by atomic mass is 19.1. The molecule has 0 aliphatic heterocycles. The van der Waals surface area contributed by atoms with Gasteiger partial charge in [-0.15, -0.1) is 0 Å². The van der Waals surface area contributed by atoms with Crippen molar-refractivity contribution in [2.24, 2.45) is 11.5 Å². The van der Waals surface area contributed by atoms with E-state index in [4.69, 9.17) is 11.5 Å². The second-order valence-electron chi connectivity index (χ2n) is 2.41. The molecule has 1 aliphatic carbocycles. The molecule has 0 spiro atoms. The van der Waals surface area contributed by atoms with Crippen LogP contribution in [-0.4, -0.2) is 18.3 Å². The fourth-order valence-electron chi connectivity index (χ4n) is 1.06. The smallest absolute Gasteiger partial charge is 0.117 e. The topological polar surface area (TPSA) is 52.0 Å². The molecule has 0 aromatic carbocycles. The number of rotatable bonds is 0. The molecule has 48 valence electrons. The minimum atomic E-state index is -0.856. The number of nitrogens with two attached hydrogens (primary N) is 2. The molecule has 1 aliphatic rings. The van der Waals surface area contributed by atoms with Gasteiger partial charge < -0.3 is 11.5 Å². The summed E-state index contributed by atoms with van der Waals surface area (Å²) in [5.41, 5.74) is 10.7. The van der Waals surface area contributed by atoms with Crippen molar-refractivity contribution in [2.75, 3.05) is 0 Å². The van der Waals surface area contributed by atoms with Crippen molar-refractivity contribution in [1.29, 1.82) is 0 Å². The second kappa shape index (κ2) is 1.99. The molecule has 0 saturated heterocycles. The first-order valence-electron chi connectivity index (χ1n) is 2.85. The Morgan fingerprint density at radius 1 is 1.25 bits per heavy atom. The minimum Gasteiger partial charge on any atom is -0.328 e. The van der Waals surface area contributed by atoms with Gasteiger partial charge in [0.25, 0.3) is 0 Å². The third-order valence-electron chi connectivity index (χ3n) is 1.57. The van der Waals surface area contributed by atoms with E-state index < -0.39 is 6.17 Å². The van der Waals surface area contributed by atoms with Crippen LogP contribution in [0, 0.1) is 0 Å². The van der Waals surface area contributed by atoms with Gasteiger partial charge in [-0.1, -0.05) is 0 Å². The largest absolute Gasteiger partial charge is 0.328 e. The Balaban J connectivity index is 2.39. The molecule has 3 atom stereocenters. The molecule has 4 N–H and O–H groups in total. The molecule has 0 aromatic rings. The molecule has 0 heterocycles. The third-order valence-corrected chi connectivity index (χ3v) is 1.57. The minimum absolute atomic E-state index is 0.000000000000000444. The molecule has 8 heavy (non-hydrogen) atoms. The molecule has 3 heteroatoms.